The Balaban J connectivity index is 1.74. The summed E-state index contributed by atoms with van der Waals surface area (Å²) in [7, 11) is 0. The molecule has 1 fully saturated rings. The first kappa shape index (κ1) is 15.0. The van der Waals surface area contributed by atoms with Gasteiger partial charge in [0.1, 0.15) is 0 Å². The maximum absolute atomic E-state index is 11.9. The summed E-state index contributed by atoms with van der Waals surface area (Å²) in [5.74, 6) is -0.0722. The fraction of sp³-hybridized carbons (Fsp3) is 0.500. The normalized spacial score (nSPS) is 15.7. The van der Waals surface area contributed by atoms with Gasteiger partial charge in [0.2, 0.25) is 0 Å². The number of carbonyl (C=O) groups is 1. The van der Waals surface area contributed by atoms with Crippen molar-refractivity contribution in [3.63, 3.8) is 0 Å². The molecule has 1 amide bonds. The van der Waals surface area contributed by atoms with Crippen LogP contribution in [0.1, 0.15) is 36.0 Å². The van der Waals surface area contributed by atoms with Gasteiger partial charge in [0.15, 0.2) is 0 Å². The minimum Gasteiger partial charge on any atom is -0.376 e. The van der Waals surface area contributed by atoms with Gasteiger partial charge in [-0.1, -0.05) is 44.7 Å². The van der Waals surface area contributed by atoms with E-state index in [0.717, 1.165) is 21.8 Å². The highest BCUT2D eigenvalue weighted by Gasteiger charge is 2.15. The van der Waals surface area contributed by atoms with Crippen molar-refractivity contribution in [3.8, 4) is 0 Å². The van der Waals surface area contributed by atoms with Gasteiger partial charge in [0.05, 0.1) is 12.7 Å². The Kier molecular flexibility index (Phi) is 5.85. The molecule has 5 heteroatoms. The van der Waals surface area contributed by atoms with Gasteiger partial charge < -0.3 is 10.1 Å². The molecule has 0 aliphatic heterocycles. The lowest BCUT2D eigenvalue weighted by molar-refractivity contribution is 0.0582. The first-order valence-corrected chi connectivity index (χ1v) is 8.09. The summed E-state index contributed by atoms with van der Waals surface area (Å²) in [6, 6.07) is 5.51. The molecule has 1 aromatic carbocycles. The monoisotopic (exact) mass is 389 g/mol. The lowest BCUT2D eigenvalue weighted by Gasteiger charge is -2.11. The van der Waals surface area contributed by atoms with Crippen LogP contribution in [0.5, 0.6) is 0 Å². The molecule has 104 valence electrons. The molecule has 1 aliphatic carbocycles. The first-order valence-electron chi connectivity index (χ1n) is 6.51. The third kappa shape index (κ3) is 4.89. The fourth-order valence-corrected chi connectivity index (χ4v) is 3.53. The van der Waals surface area contributed by atoms with E-state index in [4.69, 9.17) is 4.74 Å². The molecule has 1 aliphatic rings. The SMILES string of the molecule is O=C(NCCOC1CCCC1)c1cc(Br)cc(Br)c1. The van der Waals surface area contributed by atoms with Crippen LogP contribution < -0.4 is 5.32 Å². The van der Waals surface area contributed by atoms with Gasteiger partial charge >= 0.3 is 0 Å². The maximum Gasteiger partial charge on any atom is 0.251 e. The minimum absolute atomic E-state index is 0.0722. The van der Waals surface area contributed by atoms with Gasteiger partial charge in [-0.15, -0.1) is 0 Å². The third-order valence-corrected chi connectivity index (χ3v) is 4.08. The number of amides is 1. The first-order chi connectivity index (χ1) is 9.15. The second-order valence-electron chi connectivity index (χ2n) is 4.69. The number of ether oxygens (including phenoxy) is 1. The Morgan fingerprint density at radius 2 is 1.84 bits per heavy atom. The topological polar surface area (TPSA) is 38.3 Å². The summed E-state index contributed by atoms with van der Waals surface area (Å²) in [4.78, 5) is 11.9. The summed E-state index contributed by atoms with van der Waals surface area (Å²) in [5.41, 5.74) is 0.641. The molecule has 0 unspecified atom stereocenters. The van der Waals surface area contributed by atoms with E-state index in [-0.39, 0.29) is 5.91 Å². The van der Waals surface area contributed by atoms with Gasteiger partial charge in [-0.05, 0) is 31.0 Å². The van der Waals surface area contributed by atoms with Crippen LogP contribution in [0.3, 0.4) is 0 Å². The average molecular weight is 391 g/mol. The lowest BCUT2D eigenvalue weighted by Crippen LogP contribution is -2.28. The number of nitrogens with one attached hydrogen (secondary N) is 1. The molecule has 2 rings (SSSR count). The van der Waals surface area contributed by atoms with Crippen molar-refractivity contribution in [1.29, 1.82) is 0 Å². The molecule has 0 bridgehead atoms. The van der Waals surface area contributed by atoms with Gasteiger partial charge in [-0.25, -0.2) is 0 Å². The van der Waals surface area contributed by atoms with E-state index in [2.05, 4.69) is 37.2 Å². The molecular formula is C14H17Br2NO2. The van der Waals surface area contributed by atoms with Gasteiger partial charge in [0, 0.05) is 21.1 Å². The molecule has 0 aromatic heterocycles. The summed E-state index contributed by atoms with van der Waals surface area (Å²) in [5, 5.41) is 2.87. The van der Waals surface area contributed by atoms with Crippen molar-refractivity contribution in [1.82, 2.24) is 5.32 Å². The highest BCUT2D eigenvalue weighted by Crippen LogP contribution is 2.21. The largest absolute Gasteiger partial charge is 0.376 e. The fourth-order valence-electron chi connectivity index (χ4n) is 2.23. The van der Waals surface area contributed by atoms with E-state index in [1.807, 2.05) is 6.07 Å². The number of benzene rings is 1. The van der Waals surface area contributed by atoms with Crippen LogP contribution in [0, 0.1) is 0 Å². The van der Waals surface area contributed by atoms with Gasteiger partial charge in [-0.3, -0.25) is 4.79 Å². The van der Waals surface area contributed by atoms with Crippen molar-refractivity contribution in [2.75, 3.05) is 13.2 Å². The molecule has 0 heterocycles. The summed E-state index contributed by atoms with van der Waals surface area (Å²) < 4.78 is 7.47. The second-order valence-corrected chi connectivity index (χ2v) is 6.52. The predicted octanol–water partition coefficient (Wildman–Crippen LogP) is 3.90. The van der Waals surface area contributed by atoms with Crippen LogP contribution in [-0.2, 0) is 4.74 Å². The summed E-state index contributed by atoms with van der Waals surface area (Å²) in [6.07, 6.45) is 5.25. The number of halogens is 2. The van der Waals surface area contributed by atoms with E-state index in [1.165, 1.54) is 12.8 Å². The summed E-state index contributed by atoms with van der Waals surface area (Å²) in [6.45, 7) is 1.14. The number of rotatable bonds is 5. The van der Waals surface area contributed by atoms with Crippen molar-refractivity contribution >= 4 is 37.8 Å². The molecule has 0 saturated heterocycles. The van der Waals surface area contributed by atoms with E-state index >= 15 is 0 Å². The van der Waals surface area contributed by atoms with E-state index in [9.17, 15) is 4.79 Å². The Labute approximate surface area is 130 Å². The van der Waals surface area contributed by atoms with Crippen LogP contribution >= 0.6 is 31.9 Å². The highest BCUT2D eigenvalue weighted by molar-refractivity contribution is 9.11. The Morgan fingerprint density at radius 1 is 1.21 bits per heavy atom. The number of carbonyl (C=O) groups excluding carboxylic acids is 1. The zero-order valence-electron chi connectivity index (χ0n) is 10.6. The minimum atomic E-state index is -0.0722. The standard InChI is InChI=1S/C14H17Br2NO2/c15-11-7-10(8-12(16)9-11)14(18)17-5-6-19-13-3-1-2-4-13/h7-9,13H,1-6H2,(H,17,18). The van der Waals surface area contributed by atoms with Crippen molar-refractivity contribution in [2.45, 2.75) is 31.8 Å². The van der Waals surface area contributed by atoms with Crippen molar-refractivity contribution in [3.05, 3.63) is 32.7 Å². The van der Waals surface area contributed by atoms with Gasteiger partial charge in [-0.2, -0.15) is 0 Å². The Morgan fingerprint density at radius 3 is 2.47 bits per heavy atom. The van der Waals surface area contributed by atoms with Crippen LogP contribution in [0.4, 0.5) is 0 Å². The molecule has 19 heavy (non-hydrogen) atoms. The second kappa shape index (κ2) is 7.41. The quantitative estimate of drug-likeness (QED) is 0.774. The van der Waals surface area contributed by atoms with Gasteiger partial charge in [0.25, 0.3) is 5.91 Å². The Bertz CT molecular complexity index is 425. The molecule has 1 N–H and O–H groups in total. The van der Waals surface area contributed by atoms with E-state index < -0.39 is 0 Å². The molecular weight excluding hydrogens is 374 g/mol. The molecule has 3 nitrogen and oxygen atoms in total. The zero-order chi connectivity index (χ0) is 13.7. The van der Waals surface area contributed by atoms with Crippen LogP contribution in [0.15, 0.2) is 27.1 Å². The number of hydrogen-bond donors (Lipinski definition) is 1. The molecule has 0 atom stereocenters. The van der Waals surface area contributed by atoms with Crippen LogP contribution in [-0.4, -0.2) is 25.2 Å². The van der Waals surface area contributed by atoms with Crippen molar-refractivity contribution in [2.24, 2.45) is 0 Å². The predicted molar refractivity (Wildman–Crippen MR) is 82.4 cm³/mol. The highest BCUT2D eigenvalue weighted by atomic mass is 79.9. The van der Waals surface area contributed by atoms with E-state index in [1.54, 1.807) is 12.1 Å². The smallest absolute Gasteiger partial charge is 0.251 e. The number of hydrogen-bond acceptors (Lipinski definition) is 2. The van der Waals surface area contributed by atoms with Crippen LogP contribution in [0.25, 0.3) is 0 Å². The molecule has 1 aromatic rings. The Hall–Kier alpha value is -0.390. The third-order valence-electron chi connectivity index (χ3n) is 3.17. The van der Waals surface area contributed by atoms with Crippen molar-refractivity contribution < 1.29 is 9.53 Å². The zero-order valence-corrected chi connectivity index (χ0v) is 13.8. The summed E-state index contributed by atoms with van der Waals surface area (Å²) >= 11 is 6.75. The molecule has 1 saturated carbocycles. The maximum atomic E-state index is 11.9. The van der Waals surface area contributed by atoms with E-state index in [0.29, 0.717) is 24.8 Å². The average Bonchev–Trinajstić information content (AvgIpc) is 2.86. The molecule has 0 radical (unpaired) electrons. The lowest BCUT2D eigenvalue weighted by atomic mass is 10.2. The van der Waals surface area contributed by atoms with Crippen LogP contribution in [0.2, 0.25) is 0 Å². The molecule has 0 spiro atoms.